The van der Waals surface area contributed by atoms with Crippen LogP contribution in [0.25, 0.3) is 0 Å². The average Bonchev–Trinajstić information content (AvgIpc) is 2.70. The Balaban J connectivity index is 2.18. The molecule has 0 saturated carbocycles. The number of anilines is 1. The molecule has 2 N–H and O–H groups in total. The zero-order valence-electron chi connectivity index (χ0n) is 11.9. The van der Waals surface area contributed by atoms with Crippen molar-refractivity contribution in [3.05, 3.63) is 5.82 Å². The summed E-state index contributed by atoms with van der Waals surface area (Å²) in [5.41, 5.74) is -0.466. The van der Waals surface area contributed by atoms with Crippen LogP contribution in [0.1, 0.15) is 39.9 Å². The number of hydrogen-bond donors (Lipinski definition) is 2. The molecule has 0 fully saturated rings. The lowest BCUT2D eigenvalue weighted by molar-refractivity contribution is 0.0530. The van der Waals surface area contributed by atoms with Crippen molar-refractivity contribution in [1.29, 1.82) is 0 Å². The maximum atomic E-state index is 11.4. The van der Waals surface area contributed by atoms with Crippen LogP contribution in [0.5, 0.6) is 0 Å². The van der Waals surface area contributed by atoms with Crippen LogP contribution in [0, 0.1) is 0 Å². The van der Waals surface area contributed by atoms with Gasteiger partial charge in [0.1, 0.15) is 11.4 Å². The molecule has 0 aliphatic rings. The van der Waals surface area contributed by atoms with Crippen molar-refractivity contribution in [3.63, 3.8) is 0 Å². The van der Waals surface area contributed by atoms with E-state index in [9.17, 15) is 4.79 Å². The molecule has 0 aromatic carbocycles. The Morgan fingerprint density at radius 3 is 2.74 bits per heavy atom. The van der Waals surface area contributed by atoms with Crippen molar-refractivity contribution in [2.45, 2.75) is 46.1 Å². The van der Waals surface area contributed by atoms with Crippen LogP contribution in [-0.2, 0) is 11.2 Å². The molecule has 0 saturated heterocycles. The largest absolute Gasteiger partial charge is 0.444 e. The zero-order chi connectivity index (χ0) is 14.3. The van der Waals surface area contributed by atoms with E-state index in [1.54, 1.807) is 0 Å². The Bertz CT molecular complexity index is 401. The number of carbonyl (C=O) groups is 1. The topological polar surface area (TPSA) is 76.1 Å². The fourth-order valence-electron chi connectivity index (χ4n) is 1.30. The van der Waals surface area contributed by atoms with Crippen LogP contribution in [0.2, 0.25) is 0 Å². The van der Waals surface area contributed by atoms with Crippen molar-refractivity contribution < 1.29 is 9.53 Å². The lowest BCUT2D eigenvalue weighted by Crippen LogP contribution is -2.34. The second kappa shape index (κ2) is 7.28. The van der Waals surface area contributed by atoms with Gasteiger partial charge in [-0.15, -0.1) is 0 Å². The highest BCUT2D eigenvalue weighted by Gasteiger charge is 2.15. The Labute approximate surface area is 118 Å². The molecule has 1 heterocycles. The fourth-order valence-corrected chi connectivity index (χ4v) is 1.94. The fraction of sp³-hybridized carbons (Fsp3) is 0.750. The molecule has 1 aromatic rings. The maximum Gasteiger partial charge on any atom is 0.407 e. The normalized spacial score (nSPS) is 11.2. The third kappa shape index (κ3) is 6.95. The number of alkyl carbamates (subject to hydrolysis) is 1. The molecule has 0 radical (unpaired) electrons. The van der Waals surface area contributed by atoms with Crippen molar-refractivity contribution in [2.24, 2.45) is 0 Å². The van der Waals surface area contributed by atoms with E-state index in [-0.39, 0.29) is 0 Å². The predicted molar refractivity (Wildman–Crippen MR) is 76.6 cm³/mol. The summed E-state index contributed by atoms with van der Waals surface area (Å²) in [6, 6.07) is 0. The van der Waals surface area contributed by atoms with Crippen LogP contribution in [0.15, 0.2) is 0 Å². The number of hydrogen-bond acceptors (Lipinski definition) is 6. The van der Waals surface area contributed by atoms with Crippen molar-refractivity contribution in [1.82, 2.24) is 14.7 Å². The molecule has 0 unspecified atom stereocenters. The van der Waals surface area contributed by atoms with Gasteiger partial charge in [-0.1, -0.05) is 6.92 Å². The van der Waals surface area contributed by atoms with Crippen LogP contribution >= 0.6 is 11.5 Å². The number of aryl methyl sites for hydroxylation is 1. The SMILES string of the molecule is CCCc1nsc(NCCNC(=O)OC(C)(C)C)n1. The number of rotatable bonds is 6. The average molecular weight is 286 g/mol. The van der Waals surface area contributed by atoms with E-state index in [0.717, 1.165) is 23.8 Å². The number of nitrogens with one attached hydrogen (secondary N) is 2. The maximum absolute atomic E-state index is 11.4. The monoisotopic (exact) mass is 286 g/mol. The van der Waals surface area contributed by atoms with Crippen LogP contribution in [-0.4, -0.2) is 34.1 Å². The van der Waals surface area contributed by atoms with Crippen molar-refractivity contribution in [3.8, 4) is 0 Å². The van der Waals surface area contributed by atoms with E-state index in [1.807, 2.05) is 20.8 Å². The summed E-state index contributed by atoms with van der Waals surface area (Å²) in [5, 5.41) is 6.58. The van der Waals surface area contributed by atoms with Crippen molar-refractivity contribution in [2.75, 3.05) is 18.4 Å². The number of aromatic nitrogens is 2. The van der Waals surface area contributed by atoms with Gasteiger partial charge in [-0.05, 0) is 27.2 Å². The van der Waals surface area contributed by atoms with Gasteiger partial charge in [0.15, 0.2) is 0 Å². The first-order valence-electron chi connectivity index (χ1n) is 6.44. The molecule has 7 heteroatoms. The van der Waals surface area contributed by atoms with E-state index in [2.05, 4.69) is 26.9 Å². The highest BCUT2D eigenvalue weighted by Crippen LogP contribution is 2.11. The van der Waals surface area contributed by atoms with Gasteiger partial charge in [0.2, 0.25) is 5.13 Å². The first kappa shape index (κ1) is 15.7. The van der Waals surface area contributed by atoms with Gasteiger partial charge >= 0.3 is 6.09 Å². The molecule has 0 aliphatic carbocycles. The quantitative estimate of drug-likeness (QED) is 0.785. The van der Waals surface area contributed by atoms with Gasteiger partial charge in [-0.2, -0.15) is 4.37 Å². The van der Waals surface area contributed by atoms with Gasteiger partial charge in [-0.25, -0.2) is 9.78 Å². The molecule has 108 valence electrons. The summed E-state index contributed by atoms with van der Waals surface area (Å²) >= 11 is 1.34. The Kier molecular flexibility index (Phi) is 6.01. The Morgan fingerprint density at radius 2 is 2.11 bits per heavy atom. The highest BCUT2D eigenvalue weighted by atomic mass is 32.1. The summed E-state index contributed by atoms with van der Waals surface area (Å²) in [5.74, 6) is 0.870. The standard InChI is InChI=1S/C12H22N4O2S/c1-5-6-9-15-10(19-16-9)13-7-8-14-11(17)18-12(2,3)4/h5-8H2,1-4H3,(H,14,17)(H,13,15,16). The predicted octanol–water partition coefficient (Wildman–Crippen LogP) is 2.43. The summed E-state index contributed by atoms with van der Waals surface area (Å²) < 4.78 is 9.35. The summed E-state index contributed by atoms with van der Waals surface area (Å²) in [4.78, 5) is 15.7. The van der Waals surface area contributed by atoms with E-state index in [1.165, 1.54) is 11.5 Å². The van der Waals surface area contributed by atoms with Crippen LogP contribution in [0.4, 0.5) is 9.93 Å². The Morgan fingerprint density at radius 1 is 1.37 bits per heavy atom. The summed E-state index contributed by atoms with van der Waals surface area (Å²) in [6.45, 7) is 8.68. The van der Waals surface area contributed by atoms with Gasteiger partial charge in [0.05, 0.1) is 0 Å². The van der Waals surface area contributed by atoms with Gasteiger partial charge in [-0.3, -0.25) is 0 Å². The van der Waals surface area contributed by atoms with E-state index >= 15 is 0 Å². The van der Waals surface area contributed by atoms with Gasteiger partial charge in [0.25, 0.3) is 0 Å². The minimum Gasteiger partial charge on any atom is -0.444 e. The molecule has 1 aromatic heterocycles. The number of amides is 1. The molecular weight excluding hydrogens is 264 g/mol. The molecule has 1 amide bonds. The number of ether oxygens (including phenoxy) is 1. The second-order valence-corrected chi connectivity index (χ2v) is 5.87. The van der Waals surface area contributed by atoms with E-state index in [0.29, 0.717) is 13.1 Å². The molecule has 19 heavy (non-hydrogen) atoms. The third-order valence-electron chi connectivity index (χ3n) is 2.01. The molecule has 0 spiro atoms. The van der Waals surface area contributed by atoms with Crippen LogP contribution < -0.4 is 10.6 Å². The zero-order valence-corrected chi connectivity index (χ0v) is 12.8. The summed E-state index contributed by atoms with van der Waals surface area (Å²) in [6.07, 6.45) is 1.53. The smallest absolute Gasteiger partial charge is 0.407 e. The summed E-state index contributed by atoms with van der Waals surface area (Å²) in [7, 11) is 0. The molecule has 0 bridgehead atoms. The van der Waals surface area contributed by atoms with E-state index < -0.39 is 11.7 Å². The van der Waals surface area contributed by atoms with Gasteiger partial charge in [0, 0.05) is 31.0 Å². The van der Waals surface area contributed by atoms with E-state index in [4.69, 9.17) is 4.74 Å². The van der Waals surface area contributed by atoms with Gasteiger partial charge < -0.3 is 15.4 Å². The molecule has 0 atom stereocenters. The van der Waals surface area contributed by atoms with Crippen molar-refractivity contribution >= 4 is 22.8 Å². The number of nitrogens with zero attached hydrogens (tertiary/aromatic N) is 2. The minimum atomic E-state index is -0.466. The lowest BCUT2D eigenvalue weighted by Gasteiger charge is -2.19. The molecule has 0 aliphatic heterocycles. The molecule has 6 nitrogen and oxygen atoms in total. The molecule has 1 rings (SSSR count). The third-order valence-corrected chi connectivity index (χ3v) is 2.72. The highest BCUT2D eigenvalue weighted by molar-refractivity contribution is 7.09. The molecular formula is C12H22N4O2S. The second-order valence-electron chi connectivity index (χ2n) is 5.12. The van der Waals surface area contributed by atoms with Crippen LogP contribution in [0.3, 0.4) is 0 Å². The lowest BCUT2D eigenvalue weighted by atomic mass is 10.2. The first-order chi connectivity index (χ1) is 8.90. The first-order valence-corrected chi connectivity index (χ1v) is 7.21. The Hall–Kier alpha value is -1.37. The minimum absolute atomic E-state index is 0.404. The number of carbonyl (C=O) groups excluding carboxylic acids is 1.